The Hall–Kier alpha value is -2.18. The van der Waals surface area contributed by atoms with Crippen molar-refractivity contribution in [1.29, 1.82) is 0 Å². The number of hydrogen-bond acceptors (Lipinski definition) is 9. The van der Waals surface area contributed by atoms with Crippen molar-refractivity contribution in [2.75, 3.05) is 60.0 Å². The van der Waals surface area contributed by atoms with E-state index in [0.717, 1.165) is 5.70 Å². The lowest BCUT2D eigenvalue weighted by atomic mass is 9.83. The van der Waals surface area contributed by atoms with E-state index in [2.05, 4.69) is 16.1 Å². The molecule has 0 spiro atoms. The van der Waals surface area contributed by atoms with Gasteiger partial charge in [-0.25, -0.2) is 15.2 Å². The summed E-state index contributed by atoms with van der Waals surface area (Å²) in [6.45, 7) is 3.03. The van der Waals surface area contributed by atoms with Gasteiger partial charge in [-0.2, -0.15) is 0 Å². The molecule has 2 fully saturated rings. The Morgan fingerprint density at radius 3 is 2.84 bits per heavy atom. The van der Waals surface area contributed by atoms with Crippen LogP contribution in [-0.2, 0) is 4.79 Å². The molecule has 2 saturated heterocycles. The van der Waals surface area contributed by atoms with Gasteiger partial charge in [0, 0.05) is 58.7 Å². The SMILES string of the molecule is CN(C)N1C=CC(C2(C(=O)C3CN(C(=O)O)CCN3)C=C3CNCC(Cl)CN3N2)=NC1. The third-order valence-corrected chi connectivity index (χ3v) is 6.25. The zero-order chi connectivity index (χ0) is 22.2. The van der Waals surface area contributed by atoms with Crippen molar-refractivity contribution in [3.8, 4) is 0 Å². The highest BCUT2D eigenvalue weighted by molar-refractivity contribution is 6.23. The van der Waals surface area contributed by atoms with Gasteiger partial charge in [0.15, 0.2) is 11.3 Å². The van der Waals surface area contributed by atoms with Crippen LogP contribution >= 0.6 is 11.6 Å². The van der Waals surface area contributed by atoms with Gasteiger partial charge in [0.25, 0.3) is 0 Å². The lowest BCUT2D eigenvalue weighted by molar-refractivity contribution is -0.125. The van der Waals surface area contributed by atoms with Crippen LogP contribution in [0.5, 0.6) is 0 Å². The smallest absolute Gasteiger partial charge is 0.407 e. The van der Waals surface area contributed by atoms with Crippen LogP contribution in [0, 0.1) is 0 Å². The van der Waals surface area contributed by atoms with Gasteiger partial charge in [0.1, 0.15) is 6.67 Å². The molecule has 11 nitrogen and oxygen atoms in total. The molecule has 1 amide bonds. The molecule has 4 rings (SSSR count). The number of carbonyl (C=O) groups is 2. The van der Waals surface area contributed by atoms with Gasteiger partial charge in [0.2, 0.25) is 0 Å². The molecule has 4 aliphatic rings. The molecular weight excluding hydrogens is 424 g/mol. The van der Waals surface area contributed by atoms with E-state index in [1.807, 2.05) is 47.5 Å². The summed E-state index contributed by atoms with van der Waals surface area (Å²) in [7, 11) is 3.84. The van der Waals surface area contributed by atoms with Crippen LogP contribution in [0.2, 0.25) is 0 Å². The lowest BCUT2D eigenvalue weighted by Crippen LogP contribution is -2.67. The zero-order valence-electron chi connectivity index (χ0n) is 17.7. The van der Waals surface area contributed by atoms with Gasteiger partial charge in [-0.1, -0.05) is 0 Å². The standard InChI is InChI=1S/C19H29ClN8O3/c1-25(2)27-5-3-16(23-12-27)19(7-14-9-21-8-13(20)10-28(14)24-19)17(29)15-11-26(18(30)31)6-4-22-15/h3,5,7,13,15,21-22,24H,4,6,8-12H2,1-2H3,(H,30,31). The fourth-order valence-electron chi connectivity index (χ4n) is 4.25. The highest BCUT2D eigenvalue weighted by Gasteiger charge is 2.51. The minimum Gasteiger partial charge on any atom is -0.465 e. The first-order valence-electron chi connectivity index (χ1n) is 10.3. The van der Waals surface area contributed by atoms with Crippen molar-refractivity contribution >= 4 is 29.2 Å². The molecule has 4 heterocycles. The maximum Gasteiger partial charge on any atom is 0.407 e. The minimum atomic E-state index is -1.20. The van der Waals surface area contributed by atoms with Crippen LogP contribution in [-0.4, -0.2) is 120 Å². The fourth-order valence-corrected chi connectivity index (χ4v) is 4.50. The average molecular weight is 453 g/mol. The molecule has 0 bridgehead atoms. The molecule has 12 heteroatoms. The number of carboxylic acid groups (broad SMARTS) is 1. The zero-order valence-corrected chi connectivity index (χ0v) is 18.5. The van der Waals surface area contributed by atoms with Gasteiger partial charge in [-0.15, -0.1) is 11.6 Å². The Kier molecular flexibility index (Phi) is 6.22. The van der Waals surface area contributed by atoms with Crippen LogP contribution < -0.4 is 16.1 Å². The Labute approximate surface area is 186 Å². The number of fused-ring (bicyclic) bond motifs is 1. The van der Waals surface area contributed by atoms with Gasteiger partial charge in [-0.05, 0) is 12.2 Å². The number of nitrogens with zero attached hydrogens (tertiary/aromatic N) is 5. The van der Waals surface area contributed by atoms with E-state index in [1.165, 1.54) is 4.90 Å². The molecule has 170 valence electrons. The van der Waals surface area contributed by atoms with E-state index in [9.17, 15) is 14.7 Å². The Bertz CT molecular complexity index is 831. The van der Waals surface area contributed by atoms with Gasteiger partial charge in [0.05, 0.1) is 23.7 Å². The number of nitrogens with one attached hydrogen (secondary N) is 3. The highest BCUT2D eigenvalue weighted by Crippen LogP contribution is 2.29. The number of alkyl halides is 1. The second-order valence-corrected chi connectivity index (χ2v) is 8.90. The number of halogens is 1. The normalized spacial score (nSPS) is 31.3. The van der Waals surface area contributed by atoms with Gasteiger partial charge in [-0.3, -0.25) is 14.8 Å². The molecule has 0 saturated carbocycles. The number of amides is 1. The molecular formula is C19H29ClN8O3. The monoisotopic (exact) mass is 452 g/mol. The van der Waals surface area contributed by atoms with E-state index >= 15 is 0 Å². The molecule has 31 heavy (non-hydrogen) atoms. The summed E-state index contributed by atoms with van der Waals surface area (Å²) < 4.78 is 0. The van der Waals surface area contributed by atoms with Crippen molar-refractivity contribution in [2.45, 2.75) is 17.0 Å². The van der Waals surface area contributed by atoms with Gasteiger partial charge >= 0.3 is 6.09 Å². The van der Waals surface area contributed by atoms with E-state index in [4.69, 9.17) is 16.6 Å². The second kappa shape index (κ2) is 8.75. The van der Waals surface area contributed by atoms with Gasteiger partial charge < -0.3 is 25.6 Å². The van der Waals surface area contributed by atoms with E-state index < -0.39 is 17.7 Å². The van der Waals surface area contributed by atoms with Crippen molar-refractivity contribution < 1.29 is 14.7 Å². The van der Waals surface area contributed by atoms with E-state index in [0.29, 0.717) is 45.1 Å². The first-order valence-corrected chi connectivity index (χ1v) is 10.8. The molecule has 0 aromatic carbocycles. The number of ketones is 1. The summed E-state index contributed by atoms with van der Waals surface area (Å²) in [6, 6.07) is -0.652. The predicted molar refractivity (Wildman–Crippen MR) is 117 cm³/mol. The maximum absolute atomic E-state index is 13.9. The lowest BCUT2D eigenvalue weighted by Gasteiger charge is -2.38. The molecule has 3 unspecified atom stereocenters. The highest BCUT2D eigenvalue weighted by atomic mass is 35.5. The van der Waals surface area contributed by atoms with Crippen LogP contribution in [0.4, 0.5) is 4.79 Å². The van der Waals surface area contributed by atoms with Crippen molar-refractivity contribution in [1.82, 2.24) is 36.0 Å². The molecule has 4 aliphatic heterocycles. The molecule has 0 aromatic rings. The largest absolute Gasteiger partial charge is 0.465 e. The summed E-state index contributed by atoms with van der Waals surface area (Å²) in [5, 5.41) is 21.5. The van der Waals surface area contributed by atoms with Crippen LogP contribution in [0.15, 0.2) is 29.0 Å². The first-order chi connectivity index (χ1) is 14.8. The number of hydrazine groups is 2. The van der Waals surface area contributed by atoms with Crippen molar-refractivity contribution in [3.05, 3.63) is 24.0 Å². The topological polar surface area (TPSA) is 116 Å². The summed E-state index contributed by atoms with van der Waals surface area (Å²) in [6.07, 6.45) is 4.61. The number of carbonyl (C=O) groups excluding carboxylic acids is 1. The number of piperazine rings is 1. The molecule has 4 N–H and O–H groups in total. The van der Waals surface area contributed by atoms with Crippen LogP contribution in [0.3, 0.4) is 0 Å². The number of hydrogen-bond donors (Lipinski definition) is 4. The molecule has 0 radical (unpaired) electrons. The predicted octanol–water partition coefficient (Wildman–Crippen LogP) is -1.13. The van der Waals surface area contributed by atoms with Crippen molar-refractivity contribution in [2.24, 2.45) is 4.99 Å². The van der Waals surface area contributed by atoms with Crippen LogP contribution in [0.1, 0.15) is 0 Å². The Morgan fingerprint density at radius 2 is 2.16 bits per heavy atom. The third kappa shape index (κ3) is 4.28. The average Bonchev–Trinajstić information content (AvgIpc) is 3.03. The molecule has 3 atom stereocenters. The van der Waals surface area contributed by atoms with E-state index in [1.54, 1.807) is 0 Å². The summed E-state index contributed by atoms with van der Waals surface area (Å²) >= 11 is 6.41. The van der Waals surface area contributed by atoms with Crippen LogP contribution in [0.25, 0.3) is 0 Å². The van der Waals surface area contributed by atoms with Crippen molar-refractivity contribution in [3.63, 3.8) is 0 Å². The molecule has 0 aliphatic carbocycles. The maximum atomic E-state index is 13.9. The summed E-state index contributed by atoms with van der Waals surface area (Å²) in [5.74, 6) is -0.160. The Balaban J connectivity index is 1.67. The fraction of sp³-hybridized carbons (Fsp3) is 0.632. The first kappa shape index (κ1) is 22.0. The minimum absolute atomic E-state index is 0.0952. The van der Waals surface area contributed by atoms with E-state index in [-0.39, 0.29) is 17.7 Å². The summed E-state index contributed by atoms with van der Waals surface area (Å²) in [5.41, 5.74) is 3.70. The molecule has 0 aromatic heterocycles. The number of rotatable bonds is 4. The number of Topliss-reactive ketones (excluding diaryl/α,β-unsaturated/α-hetero) is 1. The third-order valence-electron chi connectivity index (χ3n) is 5.95. The Morgan fingerprint density at radius 1 is 1.35 bits per heavy atom. The summed E-state index contributed by atoms with van der Waals surface area (Å²) in [4.78, 5) is 31.4. The second-order valence-electron chi connectivity index (χ2n) is 8.28. The number of aliphatic imine (C=N–C) groups is 1. The quantitative estimate of drug-likeness (QED) is 0.393.